The minimum atomic E-state index is 0.722. The molecule has 3 nitrogen and oxygen atoms in total. The Bertz CT molecular complexity index is 1010. The number of hydrogen-bond acceptors (Lipinski definition) is 3. The molecule has 24 heavy (non-hydrogen) atoms. The van der Waals surface area contributed by atoms with Crippen molar-refractivity contribution in [2.75, 3.05) is 5.32 Å². The average Bonchev–Trinajstić information content (AvgIpc) is 2.63. The Morgan fingerprint density at radius 1 is 0.708 bits per heavy atom. The van der Waals surface area contributed by atoms with E-state index < -0.39 is 0 Å². The van der Waals surface area contributed by atoms with E-state index in [1.807, 2.05) is 72.8 Å². The smallest absolute Gasteiger partial charge is 0.141 e. The number of hydrogen-bond donors (Lipinski definition) is 1. The summed E-state index contributed by atoms with van der Waals surface area (Å²) in [4.78, 5) is 8.71. The maximum absolute atomic E-state index is 6.38. The van der Waals surface area contributed by atoms with Gasteiger partial charge >= 0.3 is 0 Å². The maximum Gasteiger partial charge on any atom is 0.141 e. The molecule has 0 bridgehead atoms. The minimum absolute atomic E-state index is 0.722. The van der Waals surface area contributed by atoms with Crippen LogP contribution in [0.5, 0.6) is 0 Å². The Labute approximate surface area is 145 Å². The van der Waals surface area contributed by atoms with E-state index in [1.54, 1.807) is 6.33 Å². The van der Waals surface area contributed by atoms with Crippen molar-refractivity contribution in [3.63, 3.8) is 0 Å². The topological polar surface area (TPSA) is 37.8 Å². The van der Waals surface area contributed by atoms with Crippen LogP contribution in [0.15, 0.2) is 79.1 Å². The second-order valence-electron chi connectivity index (χ2n) is 5.39. The summed E-state index contributed by atoms with van der Waals surface area (Å²) in [5, 5.41) is 5.13. The highest BCUT2D eigenvalue weighted by atomic mass is 35.5. The van der Waals surface area contributed by atoms with Crippen molar-refractivity contribution < 1.29 is 0 Å². The quantitative estimate of drug-likeness (QED) is 0.523. The Kier molecular flexibility index (Phi) is 3.85. The first kappa shape index (κ1) is 14.7. The number of nitrogens with zero attached hydrogens (tertiary/aromatic N) is 2. The van der Waals surface area contributed by atoms with Gasteiger partial charge in [0.25, 0.3) is 0 Å². The first-order valence-electron chi connectivity index (χ1n) is 7.63. The van der Waals surface area contributed by atoms with Gasteiger partial charge in [-0.15, -0.1) is 0 Å². The van der Waals surface area contributed by atoms with Crippen molar-refractivity contribution >= 4 is 34.0 Å². The average molecular weight is 332 g/mol. The number of fused-ring (bicyclic) bond motifs is 1. The molecule has 0 aliphatic rings. The SMILES string of the molecule is Clc1ccccc1-c1ccccc1Nc1ncnc2ccccc12. The lowest BCUT2D eigenvalue weighted by molar-refractivity contribution is 1.22. The van der Waals surface area contributed by atoms with Crippen molar-refractivity contribution in [3.05, 3.63) is 84.1 Å². The van der Waals surface area contributed by atoms with Crippen molar-refractivity contribution in [1.82, 2.24) is 9.97 Å². The van der Waals surface area contributed by atoms with Gasteiger partial charge in [-0.05, 0) is 24.3 Å². The van der Waals surface area contributed by atoms with Crippen LogP contribution in [0.4, 0.5) is 11.5 Å². The van der Waals surface area contributed by atoms with Crippen LogP contribution in [0.25, 0.3) is 22.0 Å². The minimum Gasteiger partial charge on any atom is -0.339 e. The van der Waals surface area contributed by atoms with Crippen molar-refractivity contribution in [3.8, 4) is 11.1 Å². The van der Waals surface area contributed by atoms with E-state index in [0.29, 0.717) is 0 Å². The van der Waals surface area contributed by atoms with Crippen molar-refractivity contribution in [2.24, 2.45) is 0 Å². The Morgan fingerprint density at radius 3 is 2.29 bits per heavy atom. The number of halogens is 1. The molecule has 1 heterocycles. The lowest BCUT2D eigenvalue weighted by Crippen LogP contribution is -1.97. The Morgan fingerprint density at radius 2 is 1.42 bits per heavy atom. The van der Waals surface area contributed by atoms with Crippen LogP contribution in [0.1, 0.15) is 0 Å². The third-order valence-electron chi connectivity index (χ3n) is 3.89. The van der Waals surface area contributed by atoms with Gasteiger partial charge in [-0.2, -0.15) is 0 Å². The molecular weight excluding hydrogens is 318 g/mol. The van der Waals surface area contributed by atoms with Gasteiger partial charge in [0.05, 0.1) is 5.52 Å². The van der Waals surface area contributed by atoms with E-state index in [9.17, 15) is 0 Å². The lowest BCUT2D eigenvalue weighted by Gasteiger charge is -2.14. The highest BCUT2D eigenvalue weighted by molar-refractivity contribution is 6.33. The second kappa shape index (κ2) is 6.30. The maximum atomic E-state index is 6.38. The summed E-state index contributed by atoms with van der Waals surface area (Å²) >= 11 is 6.38. The van der Waals surface area contributed by atoms with Crippen molar-refractivity contribution in [2.45, 2.75) is 0 Å². The van der Waals surface area contributed by atoms with Crippen LogP contribution in [-0.2, 0) is 0 Å². The number of rotatable bonds is 3. The summed E-state index contributed by atoms with van der Waals surface area (Å²) < 4.78 is 0. The zero-order valence-corrected chi connectivity index (χ0v) is 13.5. The normalized spacial score (nSPS) is 10.7. The van der Waals surface area contributed by atoms with Gasteiger partial charge in [-0.1, -0.05) is 60.1 Å². The van der Waals surface area contributed by atoms with Gasteiger partial charge in [-0.25, -0.2) is 9.97 Å². The molecule has 0 saturated carbocycles. The summed E-state index contributed by atoms with van der Waals surface area (Å²) in [5.74, 6) is 0.778. The number of nitrogens with one attached hydrogen (secondary N) is 1. The molecule has 1 aromatic heterocycles. The third-order valence-corrected chi connectivity index (χ3v) is 4.22. The van der Waals surface area contributed by atoms with Crippen LogP contribution < -0.4 is 5.32 Å². The van der Waals surface area contributed by atoms with E-state index >= 15 is 0 Å². The number of aromatic nitrogens is 2. The second-order valence-corrected chi connectivity index (χ2v) is 5.80. The molecule has 0 aliphatic carbocycles. The molecule has 0 amide bonds. The van der Waals surface area contributed by atoms with Crippen LogP contribution in [0.2, 0.25) is 5.02 Å². The van der Waals surface area contributed by atoms with E-state index in [0.717, 1.165) is 38.6 Å². The Balaban J connectivity index is 1.82. The van der Waals surface area contributed by atoms with Crippen LogP contribution >= 0.6 is 11.6 Å². The fourth-order valence-electron chi connectivity index (χ4n) is 2.74. The van der Waals surface area contributed by atoms with E-state index in [1.165, 1.54) is 0 Å². The van der Waals surface area contributed by atoms with Crippen molar-refractivity contribution in [1.29, 1.82) is 0 Å². The molecule has 0 atom stereocenters. The highest BCUT2D eigenvalue weighted by Crippen LogP contribution is 2.35. The molecule has 0 aliphatic heterocycles. The summed E-state index contributed by atoms with van der Waals surface area (Å²) in [6, 6.07) is 23.8. The van der Waals surface area contributed by atoms with Gasteiger partial charge < -0.3 is 5.32 Å². The molecule has 0 saturated heterocycles. The van der Waals surface area contributed by atoms with Gasteiger partial charge in [0.15, 0.2) is 0 Å². The molecule has 3 aromatic carbocycles. The summed E-state index contributed by atoms with van der Waals surface area (Å²) in [6.45, 7) is 0. The van der Waals surface area contributed by atoms with E-state index in [4.69, 9.17) is 11.6 Å². The number of anilines is 2. The van der Waals surface area contributed by atoms with Gasteiger partial charge in [-0.3, -0.25) is 0 Å². The monoisotopic (exact) mass is 331 g/mol. The van der Waals surface area contributed by atoms with Gasteiger partial charge in [0.1, 0.15) is 12.1 Å². The molecule has 116 valence electrons. The third kappa shape index (κ3) is 2.70. The largest absolute Gasteiger partial charge is 0.339 e. The standard InChI is InChI=1S/C20H14ClN3/c21-17-10-4-1-7-14(17)15-8-2-6-12-19(15)24-20-16-9-3-5-11-18(16)22-13-23-20/h1-13H,(H,22,23,24). The molecular formula is C20H14ClN3. The molecule has 4 aromatic rings. The molecule has 0 fully saturated rings. The first-order valence-corrected chi connectivity index (χ1v) is 8.01. The molecule has 1 N–H and O–H groups in total. The zero-order chi connectivity index (χ0) is 16.4. The van der Waals surface area contributed by atoms with Crippen LogP contribution in [0, 0.1) is 0 Å². The molecule has 0 unspecified atom stereocenters. The molecule has 4 rings (SSSR count). The molecule has 4 heteroatoms. The number of para-hydroxylation sites is 2. The predicted molar refractivity (Wildman–Crippen MR) is 99.7 cm³/mol. The van der Waals surface area contributed by atoms with Gasteiger partial charge in [0.2, 0.25) is 0 Å². The lowest BCUT2D eigenvalue weighted by atomic mass is 10.0. The predicted octanol–water partition coefficient (Wildman–Crippen LogP) is 5.69. The summed E-state index contributed by atoms with van der Waals surface area (Å²) in [6.07, 6.45) is 1.57. The highest BCUT2D eigenvalue weighted by Gasteiger charge is 2.10. The van der Waals surface area contributed by atoms with Crippen LogP contribution in [0.3, 0.4) is 0 Å². The Hall–Kier alpha value is -2.91. The molecule has 0 spiro atoms. The first-order chi connectivity index (χ1) is 11.8. The summed E-state index contributed by atoms with van der Waals surface area (Å²) in [7, 11) is 0. The summed E-state index contributed by atoms with van der Waals surface area (Å²) in [5.41, 5.74) is 3.88. The zero-order valence-electron chi connectivity index (χ0n) is 12.8. The van der Waals surface area contributed by atoms with Crippen LogP contribution in [-0.4, -0.2) is 9.97 Å². The van der Waals surface area contributed by atoms with Gasteiger partial charge in [0, 0.05) is 27.2 Å². The fourth-order valence-corrected chi connectivity index (χ4v) is 2.98. The van der Waals surface area contributed by atoms with E-state index in [2.05, 4.69) is 15.3 Å². The van der Waals surface area contributed by atoms with E-state index in [-0.39, 0.29) is 0 Å². The number of benzene rings is 3. The molecule has 0 radical (unpaired) electrons. The fraction of sp³-hybridized carbons (Fsp3) is 0.